The number of hydrogen-bond donors (Lipinski definition) is 6. The number of pyridine rings is 2. The lowest BCUT2D eigenvalue weighted by Crippen LogP contribution is -2.52. The van der Waals surface area contributed by atoms with Gasteiger partial charge in [0.1, 0.15) is 17.2 Å². The van der Waals surface area contributed by atoms with Gasteiger partial charge in [0.05, 0.1) is 51.1 Å². The van der Waals surface area contributed by atoms with E-state index in [1.807, 2.05) is 151 Å². The van der Waals surface area contributed by atoms with Gasteiger partial charge in [-0.05, 0) is 143 Å². The number of fused-ring (bicyclic) bond motifs is 10. The van der Waals surface area contributed by atoms with Crippen LogP contribution in [-0.2, 0) is 35.9 Å². The highest BCUT2D eigenvalue weighted by Gasteiger charge is 2.47. The van der Waals surface area contributed by atoms with Crippen LogP contribution in [0, 0.1) is 0 Å². The number of alkyl carbamates (subject to hydrolysis) is 1. The van der Waals surface area contributed by atoms with Crippen LogP contribution in [-0.4, -0.2) is 68.6 Å². The minimum Gasteiger partial charge on any atom is -0.444 e. The highest BCUT2D eigenvalue weighted by molar-refractivity contribution is 7.93. The third kappa shape index (κ3) is 12.0. The minimum absolute atomic E-state index is 0. The average molecular weight is 1320 g/mol. The molecule has 4 aliphatic rings. The molecule has 484 valence electrons. The summed E-state index contributed by atoms with van der Waals surface area (Å²) in [7, 11) is -11.2. The van der Waals surface area contributed by atoms with Crippen molar-refractivity contribution in [3.8, 4) is 79.2 Å². The molecule has 2 aliphatic heterocycles. The van der Waals surface area contributed by atoms with E-state index < -0.39 is 48.3 Å². The Hall–Kier alpha value is -10.1. The Balaban J connectivity index is 0.000000180. The van der Waals surface area contributed by atoms with Gasteiger partial charge in [0.15, 0.2) is 11.6 Å². The predicted molar refractivity (Wildman–Crippen MR) is 350 cm³/mol. The monoisotopic (exact) mass is 1320 g/mol. The van der Waals surface area contributed by atoms with Crippen LogP contribution in [0.15, 0.2) is 182 Å². The molecule has 6 aromatic carbocycles. The van der Waals surface area contributed by atoms with Crippen LogP contribution in [0.25, 0.3) is 79.2 Å². The maximum atomic E-state index is 13.1. The van der Waals surface area contributed by atoms with E-state index in [0.717, 1.165) is 94.7 Å². The first-order valence-corrected chi connectivity index (χ1v) is 32.4. The molecule has 18 nitrogen and oxygen atoms in total. The van der Waals surface area contributed by atoms with Gasteiger partial charge in [-0.3, -0.25) is 18.6 Å². The summed E-state index contributed by atoms with van der Waals surface area (Å²) < 4.78 is 138. The van der Waals surface area contributed by atoms with Gasteiger partial charge in [-0.2, -0.15) is 43.2 Å². The highest BCUT2D eigenvalue weighted by Crippen LogP contribution is 2.49. The first-order chi connectivity index (χ1) is 44.2. The van der Waals surface area contributed by atoms with E-state index in [2.05, 4.69) is 25.9 Å². The Morgan fingerprint density at radius 1 is 0.532 bits per heavy atom. The summed E-state index contributed by atoms with van der Waals surface area (Å²) in [6.45, 7) is 5.45. The number of para-hydroxylation sites is 2. The maximum absolute atomic E-state index is 13.1. The number of nitrogens with one attached hydrogen (secondary N) is 5. The summed E-state index contributed by atoms with van der Waals surface area (Å²) in [5.74, 6) is 2.45. The van der Waals surface area contributed by atoms with Gasteiger partial charge in [0.2, 0.25) is 0 Å². The van der Waals surface area contributed by atoms with Gasteiger partial charge in [-0.25, -0.2) is 24.7 Å². The molecular weight excluding hydrogens is 1260 g/mol. The number of ether oxygens (including phenoxy) is 1. The lowest BCUT2D eigenvalue weighted by atomic mass is 9.71. The smallest absolute Gasteiger partial charge is 0.444 e. The zero-order valence-electron chi connectivity index (χ0n) is 49.9. The number of nitrogens with zero attached hydrogens (tertiary/aromatic N) is 6. The van der Waals surface area contributed by atoms with Gasteiger partial charge in [0.25, 0.3) is 0 Å². The molecule has 6 heterocycles. The van der Waals surface area contributed by atoms with Crippen molar-refractivity contribution >= 4 is 60.5 Å². The van der Waals surface area contributed by atoms with Gasteiger partial charge in [-0.15, -0.1) is 0 Å². The molecule has 0 atom stereocenters. The fourth-order valence-corrected chi connectivity index (χ4v) is 13.0. The quantitative estimate of drug-likeness (QED) is 0.0661. The van der Waals surface area contributed by atoms with E-state index in [1.54, 1.807) is 34.0 Å². The van der Waals surface area contributed by atoms with Gasteiger partial charge >= 0.3 is 37.2 Å². The van der Waals surface area contributed by atoms with Crippen LogP contribution >= 0.6 is 0 Å². The number of sulfonamides is 2. The molecule has 10 aromatic rings. The fraction of sp³-hybridized carbons (Fsp3) is 0.221. The number of carbonyl (C=O) groups excluding carboxylic acids is 1. The molecule has 2 fully saturated rings. The molecule has 0 spiro atoms. The third-order valence-corrected chi connectivity index (χ3v) is 18.9. The largest absolute Gasteiger partial charge is 0.516 e. The zero-order valence-corrected chi connectivity index (χ0v) is 51.5. The predicted octanol–water partition coefficient (Wildman–Crippen LogP) is 16.1. The van der Waals surface area contributed by atoms with Crippen LogP contribution in [0.1, 0.15) is 77.8 Å². The number of nitrogens with two attached hydrogens (primary N) is 1. The zero-order chi connectivity index (χ0) is 65.5. The molecule has 2 aliphatic carbocycles. The summed E-state index contributed by atoms with van der Waals surface area (Å²) in [6, 6.07) is 50.0. The van der Waals surface area contributed by atoms with Gasteiger partial charge < -0.3 is 26.4 Å². The van der Waals surface area contributed by atoms with E-state index in [1.165, 1.54) is 36.4 Å². The number of hydrogen-bond acceptors (Lipinski definition) is 13. The minimum atomic E-state index is -5.60. The number of imidazole rings is 2. The molecule has 7 N–H and O–H groups in total. The molecule has 94 heavy (non-hydrogen) atoms. The van der Waals surface area contributed by atoms with E-state index in [-0.39, 0.29) is 24.3 Å². The number of amides is 1. The van der Waals surface area contributed by atoms with Crippen molar-refractivity contribution in [3.63, 3.8) is 0 Å². The summed E-state index contributed by atoms with van der Waals surface area (Å²) >= 11 is 0. The normalized spacial score (nSPS) is 14.9. The number of alkyl halides is 6. The fourth-order valence-electron chi connectivity index (χ4n) is 11.9. The number of benzene rings is 6. The molecule has 0 unspecified atom stereocenters. The Bertz CT molecular complexity index is 4780. The Labute approximate surface area is 537 Å². The number of anilines is 6. The molecule has 26 heteroatoms. The number of halogens is 6. The van der Waals surface area contributed by atoms with Crippen LogP contribution in [0.2, 0.25) is 0 Å². The van der Waals surface area contributed by atoms with Crippen molar-refractivity contribution < 1.29 is 52.7 Å². The van der Waals surface area contributed by atoms with Crippen LogP contribution in [0.3, 0.4) is 0 Å². The van der Waals surface area contributed by atoms with Crippen molar-refractivity contribution in [1.29, 1.82) is 0 Å². The van der Waals surface area contributed by atoms with E-state index in [4.69, 9.17) is 20.4 Å². The molecule has 1 amide bonds. The molecule has 2 saturated carbocycles. The SMILES string of the molecule is C.CC(C)(C)OC(=O)NC1(c2ccc(-c3c(-c4ccc(NS(=O)(=O)C(F)(F)F)cc4)nc4n3-c3cccnc3Nc3ccccc3-4)cc2)CCC1.NC1(c2ccc(-c3c(-c4ccc(NS(=O)(=O)C(F)(F)F)cc4)nc4n3-c3cccnc3Nc3ccccc3-4)cc2)CCC1. The molecule has 0 bridgehead atoms. The van der Waals surface area contributed by atoms with E-state index in [0.29, 0.717) is 57.2 Å². The average Bonchev–Trinajstić information content (AvgIpc) is 1.57. The topological polar surface area (TPSA) is 242 Å². The lowest BCUT2D eigenvalue weighted by molar-refractivity contribution is -0.0435. The van der Waals surface area contributed by atoms with Crippen molar-refractivity contribution in [2.75, 3.05) is 20.1 Å². The van der Waals surface area contributed by atoms with Crippen molar-refractivity contribution in [1.82, 2.24) is 34.4 Å². The second-order valence-corrected chi connectivity index (χ2v) is 27.4. The summed E-state index contributed by atoms with van der Waals surface area (Å²) in [4.78, 5) is 32.2. The highest BCUT2D eigenvalue weighted by atomic mass is 32.2. The van der Waals surface area contributed by atoms with Crippen LogP contribution in [0.5, 0.6) is 0 Å². The second kappa shape index (κ2) is 23.8. The van der Waals surface area contributed by atoms with Gasteiger partial charge in [-0.1, -0.05) is 104 Å². The van der Waals surface area contributed by atoms with Crippen LogP contribution in [0.4, 0.5) is 65.5 Å². The number of aromatic nitrogens is 6. The third-order valence-electron chi connectivity index (χ3n) is 16.7. The van der Waals surface area contributed by atoms with Crippen molar-refractivity contribution in [2.45, 2.75) is 94.4 Å². The van der Waals surface area contributed by atoms with Crippen molar-refractivity contribution in [3.05, 3.63) is 193 Å². The second-order valence-electron chi connectivity index (χ2n) is 24.0. The van der Waals surface area contributed by atoms with E-state index >= 15 is 0 Å². The standard InChI is InChI=1S/C36H33F3N6O4S.C31H25F3N6O2S.CH4/c1-34(2,3)49-33(46)43-35(19-7-20-35)24-15-11-23(12-16-24)30-29(22-13-17-25(18-14-22)44-50(47,48)36(37,38)39)42-32-26-8-4-5-9-27(26)41-31-28(45(30)32)10-6-21-40-31;32-31(33,34)43(41,42)39-22-14-10-19(11-15-22)26-27(20-8-12-21(13-9-20)30(35)16-4-17-30)40-25-7-3-18-36-28(25)37-24-6-2-1-5-23(24)29(40)38-26;/h4-6,8-18,21,44H,7,19-20H2,1-3H3,(H,40,41)(H,43,46);1-3,5-15,18,39H,4,16-17,35H2,(H,36,37);1H4. The summed E-state index contributed by atoms with van der Waals surface area (Å²) in [6.07, 6.45) is 8.29. The van der Waals surface area contributed by atoms with Crippen LogP contribution < -0.4 is 31.1 Å². The Morgan fingerprint density at radius 2 is 0.926 bits per heavy atom. The summed E-state index contributed by atoms with van der Waals surface area (Å²) in [5, 5.41) is 9.92. The first-order valence-electron chi connectivity index (χ1n) is 29.5. The summed E-state index contributed by atoms with van der Waals surface area (Å²) in [5.41, 5.74) is 5.55. The number of carbonyl (C=O) groups is 1. The molecular formula is C68H62F6N12O6S2. The molecule has 0 radical (unpaired) electrons. The Morgan fingerprint density at radius 3 is 1.30 bits per heavy atom. The molecule has 0 saturated heterocycles. The van der Waals surface area contributed by atoms with Crippen molar-refractivity contribution in [2.24, 2.45) is 5.73 Å². The lowest BCUT2D eigenvalue weighted by Gasteiger charge is -2.43. The number of rotatable bonds is 11. The van der Waals surface area contributed by atoms with Gasteiger partial charge in [0, 0.05) is 62.7 Å². The Kier molecular flexibility index (Phi) is 16.2. The maximum Gasteiger partial charge on any atom is 0.516 e. The molecule has 4 aromatic heterocycles. The first kappa shape index (κ1) is 64.1. The van der Waals surface area contributed by atoms with E-state index in [9.17, 15) is 48.0 Å². The molecule has 14 rings (SSSR count).